The van der Waals surface area contributed by atoms with Gasteiger partial charge in [0.25, 0.3) is 0 Å². The van der Waals surface area contributed by atoms with Crippen LogP contribution in [0.3, 0.4) is 0 Å². The first-order valence-corrected chi connectivity index (χ1v) is 5.24. The Morgan fingerprint density at radius 2 is 1.87 bits per heavy atom. The Hall–Kier alpha value is -1.57. The lowest BCUT2D eigenvalue weighted by Crippen LogP contribution is -2.01. The zero-order valence-electron chi connectivity index (χ0n) is 9.41. The Balaban J connectivity index is 2.46. The van der Waals surface area contributed by atoms with Crippen LogP contribution in [0.4, 0.5) is 0 Å². The normalized spacial score (nSPS) is 12.7. The molecule has 2 nitrogen and oxygen atoms in total. The molecule has 0 fully saturated rings. The molecule has 0 amide bonds. The first-order chi connectivity index (χ1) is 7.20. The third-order valence-electron chi connectivity index (χ3n) is 2.96. The summed E-state index contributed by atoms with van der Waals surface area (Å²) in [6, 6.07) is 6.43. The Bertz CT molecular complexity index is 423. The second-order valence-corrected chi connectivity index (χ2v) is 4.03. The van der Waals surface area contributed by atoms with E-state index >= 15 is 0 Å². The zero-order chi connectivity index (χ0) is 10.8. The molecule has 1 heterocycles. The molecular weight excluding hydrogens is 184 g/mol. The van der Waals surface area contributed by atoms with Gasteiger partial charge in [0.05, 0.1) is 6.33 Å². The van der Waals surface area contributed by atoms with Crippen molar-refractivity contribution >= 4 is 0 Å². The molecule has 2 heteroatoms. The van der Waals surface area contributed by atoms with Gasteiger partial charge >= 0.3 is 0 Å². The average molecular weight is 200 g/mol. The van der Waals surface area contributed by atoms with Gasteiger partial charge in [0.15, 0.2) is 0 Å². The number of benzene rings is 1. The predicted molar refractivity (Wildman–Crippen MR) is 62.0 cm³/mol. The monoisotopic (exact) mass is 200 g/mol. The number of hydrogen-bond acceptors (Lipinski definition) is 1. The zero-order valence-corrected chi connectivity index (χ0v) is 9.41. The van der Waals surface area contributed by atoms with E-state index in [4.69, 9.17) is 0 Å². The van der Waals surface area contributed by atoms with E-state index in [0.29, 0.717) is 5.92 Å². The van der Waals surface area contributed by atoms with Gasteiger partial charge < -0.3 is 4.98 Å². The Kier molecular flexibility index (Phi) is 2.58. The molecule has 0 unspecified atom stereocenters. The van der Waals surface area contributed by atoms with Crippen molar-refractivity contribution in [3.63, 3.8) is 0 Å². The minimum absolute atomic E-state index is 0.383. The fourth-order valence-electron chi connectivity index (χ4n) is 2.17. The van der Waals surface area contributed by atoms with Gasteiger partial charge in [-0.25, -0.2) is 4.98 Å². The van der Waals surface area contributed by atoms with E-state index in [1.54, 1.807) is 6.33 Å². The van der Waals surface area contributed by atoms with Crippen molar-refractivity contribution in [2.75, 3.05) is 0 Å². The maximum atomic E-state index is 4.07. The molecule has 0 spiro atoms. The number of aromatic amines is 1. The molecule has 0 saturated carbocycles. The Morgan fingerprint density at radius 1 is 1.20 bits per heavy atom. The molecule has 0 bridgehead atoms. The number of hydrogen-bond donors (Lipinski definition) is 1. The lowest BCUT2D eigenvalue weighted by Gasteiger charge is -2.15. The van der Waals surface area contributed by atoms with Crippen LogP contribution < -0.4 is 0 Å². The van der Waals surface area contributed by atoms with Crippen molar-refractivity contribution in [3.05, 3.63) is 53.1 Å². The van der Waals surface area contributed by atoms with Crippen LogP contribution in [0.2, 0.25) is 0 Å². The summed E-state index contributed by atoms with van der Waals surface area (Å²) in [6.07, 6.45) is 3.63. The number of aryl methyl sites for hydroxylation is 2. The highest BCUT2D eigenvalue weighted by atomic mass is 14.9. The van der Waals surface area contributed by atoms with Crippen molar-refractivity contribution in [1.29, 1.82) is 0 Å². The summed E-state index contributed by atoms with van der Waals surface area (Å²) in [5.74, 6) is 0.383. The number of nitrogens with one attached hydrogen (secondary N) is 1. The van der Waals surface area contributed by atoms with Crippen LogP contribution in [0.5, 0.6) is 0 Å². The maximum Gasteiger partial charge on any atom is 0.0921 e. The van der Waals surface area contributed by atoms with Gasteiger partial charge in [-0.05, 0) is 30.5 Å². The van der Waals surface area contributed by atoms with Crippen LogP contribution in [0.25, 0.3) is 0 Å². The fourth-order valence-corrected chi connectivity index (χ4v) is 2.17. The standard InChI is InChI=1S/C13H16N2/c1-9-5-4-6-10(2)13(9)11(3)12-7-14-8-15-12/h4-8,11H,1-3H3,(H,14,15)/t11-/m0/s1. The molecule has 0 aliphatic carbocycles. The molecule has 2 rings (SSSR count). The van der Waals surface area contributed by atoms with E-state index in [0.717, 1.165) is 0 Å². The van der Waals surface area contributed by atoms with Gasteiger partial charge in [0.2, 0.25) is 0 Å². The third kappa shape index (κ3) is 1.80. The molecular formula is C13H16N2. The van der Waals surface area contributed by atoms with E-state index in [9.17, 15) is 0 Å². The smallest absolute Gasteiger partial charge is 0.0921 e. The molecule has 0 radical (unpaired) electrons. The molecule has 0 aliphatic rings. The molecule has 0 saturated heterocycles. The minimum Gasteiger partial charge on any atom is -0.348 e. The summed E-state index contributed by atoms with van der Waals surface area (Å²) < 4.78 is 0. The van der Waals surface area contributed by atoms with E-state index < -0.39 is 0 Å². The van der Waals surface area contributed by atoms with E-state index in [-0.39, 0.29) is 0 Å². The number of nitrogens with zero attached hydrogens (tertiary/aromatic N) is 1. The highest BCUT2D eigenvalue weighted by Crippen LogP contribution is 2.27. The molecule has 78 valence electrons. The van der Waals surface area contributed by atoms with Gasteiger partial charge in [-0.3, -0.25) is 0 Å². The molecule has 1 N–H and O–H groups in total. The molecule has 0 aliphatic heterocycles. The number of imidazole rings is 1. The van der Waals surface area contributed by atoms with Crippen molar-refractivity contribution in [1.82, 2.24) is 9.97 Å². The second kappa shape index (κ2) is 3.89. The summed E-state index contributed by atoms with van der Waals surface area (Å²) in [5, 5.41) is 0. The lowest BCUT2D eigenvalue weighted by molar-refractivity contribution is 0.863. The summed E-state index contributed by atoms with van der Waals surface area (Å²) in [4.78, 5) is 7.25. The van der Waals surface area contributed by atoms with Crippen LogP contribution >= 0.6 is 0 Å². The van der Waals surface area contributed by atoms with Gasteiger partial charge in [0, 0.05) is 17.8 Å². The largest absolute Gasteiger partial charge is 0.348 e. The predicted octanol–water partition coefficient (Wildman–Crippen LogP) is 3.18. The van der Waals surface area contributed by atoms with Gasteiger partial charge in [-0.1, -0.05) is 25.1 Å². The summed E-state index contributed by atoms with van der Waals surface area (Å²) >= 11 is 0. The second-order valence-electron chi connectivity index (χ2n) is 4.03. The lowest BCUT2D eigenvalue weighted by atomic mass is 9.90. The van der Waals surface area contributed by atoms with Gasteiger partial charge in [-0.15, -0.1) is 0 Å². The third-order valence-corrected chi connectivity index (χ3v) is 2.96. The fraction of sp³-hybridized carbons (Fsp3) is 0.308. The van der Waals surface area contributed by atoms with Crippen LogP contribution in [-0.4, -0.2) is 9.97 Å². The van der Waals surface area contributed by atoms with Crippen molar-refractivity contribution in [2.45, 2.75) is 26.7 Å². The van der Waals surface area contributed by atoms with E-state index in [2.05, 4.69) is 48.9 Å². The Morgan fingerprint density at radius 3 is 2.40 bits per heavy atom. The topological polar surface area (TPSA) is 28.7 Å². The SMILES string of the molecule is Cc1cccc(C)c1[C@@H](C)c1cnc[nH]1. The highest BCUT2D eigenvalue weighted by molar-refractivity contribution is 5.39. The van der Waals surface area contributed by atoms with Gasteiger partial charge in [0.1, 0.15) is 0 Å². The van der Waals surface area contributed by atoms with Crippen molar-refractivity contribution in [3.8, 4) is 0 Å². The highest BCUT2D eigenvalue weighted by Gasteiger charge is 2.13. The van der Waals surface area contributed by atoms with Crippen LogP contribution in [0.15, 0.2) is 30.7 Å². The molecule has 1 atom stereocenters. The van der Waals surface area contributed by atoms with Crippen LogP contribution in [0.1, 0.15) is 35.2 Å². The molecule has 15 heavy (non-hydrogen) atoms. The summed E-state index contributed by atoms with van der Waals surface area (Å²) in [5.41, 5.74) is 5.27. The number of aromatic nitrogens is 2. The average Bonchev–Trinajstić information content (AvgIpc) is 2.69. The minimum atomic E-state index is 0.383. The van der Waals surface area contributed by atoms with Crippen molar-refractivity contribution in [2.24, 2.45) is 0 Å². The molecule has 1 aromatic carbocycles. The molecule has 2 aromatic rings. The first-order valence-electron chi connectivity index (χ1n) is 5.24. The number of rotatable bonds is 2. The Labute approximate surface area is 90.4 Å². The molecule has 1 aromatic heterocycles. The van der Waals surface area contributed by atoms with Crippen molar-refractivity contribution < 1.29 is 0 Å². The van der Waals surface area contributed by atoms with Crippen LogP contribution in [0, 0.1) is 13.8 Å². The van der Waals surface area contributed by atoms with E-state index in [1.165, 1.54) is 22.4 Å². The quantitative estimate of drug-likeness (QED) is 0.792. The summed E-state index contributed by atoms with van der Waals surface area (Å²) in [7, 11) is 0. The first kappa shape index (κ1) is 9.97. The van der Waals surface area contributed by atoms with Crippen LogP contribution in [-0.2, 0) is 0 Å². The van der Waals surface area contributed by atoms with E-state index in [1.807, 2.05) is 6.20 Å². The summed E-state index contributed by atoms with van der Waals surface area (Å²) in [6.45, 7) is 6.53. The maximum absolute atomic E-state index is 4.07. The van der Waals surface area contributed by atoms with Gasteiger partial charge in [-0.2, -0.15) is 0 Å². The number of H-pyrrole nitrogens is 1.